The third-order valence-corrected chi connectivity index (χ3v) is 3.16. The first kappa shape index (κ1) is 12.6. The van der Waals surface area contributed by atoms with E-state index in [4.69, 9.17) is 16.3 Å². The Balaban J connectivity index is 2.10. The molecule has 0 aliphatic rings. The van der Waals surface area contributed by atoms with Crippen LogP contribution in [0.25, 0.3) is 0 Å². The fraction of sp³-hybridized carbons (Fsp3) is 0.0833. The van der Waals surface area contributed by atoms with Crippen molar-refractivity contribution in [2.24, 2.45) is 0 Å². The van der Waals surface area contributed by atoms with Gasteiger partial charge in [0.1, 0.15) is 12.4 Å². The van der Waals surface area contributed by atoms with E-state index in [1.807, 2.05) is 12.1 Å². The van der Waals surface area contributed by atoms with Crippen molar-refractivity contribution in [1.82, 2.24) is 4.98 Å². The summed E-state index contributed by atoms with van der Waals surface area (Å²) < 4.78 is 19.8. The monoisotopic (exact) mass is 363 g/mol. The van der Waals surface area contributed by atoms with Crippen LogP contribution in [0.4, 0.5) is 4.39 Å². The fourth-order valence-electron chi connectivity index (χ4n) is 1.26. The number of ether oxygens (including phenoxy) is 1. The first-order valence-corrected chi connectivity index (χ1v) is 6.30. The molecule has 17 heavy (non-hydrogen) atoms. The molecular weight excluding hydrogens is 355 g/mol. The molecule has 0 unspecified atom stereocenters. The highest BCUT2D eigenvalue weighted by molar-refractivity contribution is 14.1. The summed E-state index contributed by atoms with van der Waals surface area (Å²) in [5.74, 6) is 0.130. The normalized spacial score (nSPS) is 10.3. The number of hydrogen-bond acceptors (Lipinski definition) is 2. The summed E-state index contributed by atoms with van der Waals surface area (Å²) in [6.45, 7) is 0.135. The van der Waals surface area contributed by atoms with Crippen LogP contribution in [-0.4, -0.2) is 4.98 Å². The second-order valence-electron chi connectivity index (χ2n) is 3.31. The van der Waals surface area contributed by atoms with Crippen molar-refractivity contribution in [3.8, 4) is 5.88 Å². The lowest BCUT2D eigenvalue weighted by atomic mass is 10.2. The van der Waals surface area contributed by atoms with Crippen molar-refractivity contribution < 1.29 is 9.13 Å². The Labute approximate surface area is 117 Å². The number of pyridine rings is 1. The van der Waals surface area contributed by atoms with Gasteiger partial charge in [0.2, 0.25) is 5.88 Å². The average Bonchev–Trinajstić information content (AvgIpc) is 2.30. The van der Waals surface area contributed by atoms with Gasteiger partial charge in [-0.15, -0.1) is 0 Å². The summed E-state index contributed by atoms with van der Waals surface area (Å²) in [6, 6.07) is 8.20. The zero-order valence-electron chi connectivity index (χ0n) is 8.66. The van der Waals surface area contributed by atoms with Crippen LogP contribution in [0.1, 0.15) is 5.56 Å². The van der Waals surface area contributed by atoms with Gasteiger partial charge in [0.05, 0.1) is 3.57 Å². The molecule has 5 heteroatoms. The van der Waals surface area contributed by atoms with Crippen molar-refractivity contribution in [3.05, 3.63) is 56.5 Å². The molecule has 0 saturated heterocycles. The molecule has 0 N–H and O–H groups in total. The third-order valence-electron chi connectivity index (χ3n) is 2.10. The molecule has 0 aliphatic carbocycles. The number of benzene rings is 1. The molecule has 0 saturated carbocycles. The molecular formula is C12H8ClFINO. The SMILES string of the molecule is Fc1cc(Cl)ccc1COc1ncccc1I. The van der Waals surface area contributed by atoms with E-state index < -0.39 is 0 Å². The quantitative estimate of drug-likeness (QED) is 0.767. The van der Waals surface area contributed by atoms with Crippen molar-refractivity contribution in [1.29, 1.82) is 0 Å². The van der Waals surface area contributed by atoms with Gasteiger partial charge in [0, 0.05) is 16.8 Å². The van der Waals surface area contributed by atoms with Gasteiger partial charge in [-0.25, -0.2) is 9.37 Å². The molecule has 1 aromatic carbocycles. The Morgan fingerprint density at radius 3 is 2.88 bits per heavy atom. The summed E-state index contributed by atoms with van der Waals surface area (Å²) >= 11 is 7.78. The maximum Gasteiger partial charge on any atom is 0.227 e. The number of rotatable bonds is 3. The topological polar surface area (TPSA) is 22.1 Å². The van der Waals surface area contributed by atoms with Crippen LogP contribution in [0.15, 0.2) is 36.5 Å². The molecule has 2 rings (SSSR count). The van der Waals surface area contributed by atoms with E-state index in [0.717, 1.165) is 3.57 Å². The fourth-order valence-corrected chi connectivity index (χ4v) is 1.92. The van der Waals surface area contributed by atoms with E-state index in [1.54, 1.807) is 18.3 Å². The van der Waals surface area contributed by atoms with E-state index >= 15 is 0 Å². The molecule has 2 nitrogen and oxygen atoms in total. The second kappa shape index (κ2) is 5.64. The molecule has 88 valence electrons. The lowest BCUT2D eigenvalue weighted by molar-refractivity contribution is 0.286. The Bertz CT molecular complexity index is 536. The summed E-state index contributed by atoms with van der Waals surface area (Å²) in [6.07, 6.45) is 1.63. The van der Waals surface area contributed by atoms with Crippen LogP contribution in [-0.2, 0) is 6.61 Å². The van der Waals surface area contributed by atoms with Crippen molar-refractivity contribution >= 4 is 34.2 Å². The van der Waals surface area contributed by atoms with Crippen LogP contribution in [0.2, 0.25) is 5.02 Å². The van der Waals surface area contributed by atoms with Gasteiger partial charge >= 0.3 is 0 Å². The average molecular weight is 364 g/mol. The molecule has 0 bridgehead atoms. The number of nitrogens with zero attached hydrogens (tertiary/aromatic N) is 1. The molecule has 1 aromatic heterocycles. The lowest BCUT2D eigenvalue weighted by Crippen LogP contribution is -2.01. The predicted octanol–water partition coefficient (Wildman–Crippen LogP) is 4.06. The Hall–Kier alpha value is -0.880. The minimum atomic E-state index is -0.372. The van der Waals surface area contributed by atoms with E-state index in [9.17, 15) is 4.39 Å². The van der Waals surface area contributed by atoms with Crippen LogP contribution in [0.3, 0.4) is 0 Å². The van der Waals surface area contributed by atoms with Gasteiger partial charge < -0.3 is 4.74 Å². The minimum absolute atomic E-state index is 0.135. The Kier molecular flexibility index (Phi) is 4.17. The van der Waals surface area contributed by atoms with E-state index in [1.165, 1.54) is 6.07 Å². The second-order valence-corrected chi connectivity index (χ2v) is 4.91. The molecule has 0 aliphatic heterocycles. The van der Waals surface area contributed by atoms with Gasteiger partial charge in [-0.3, -0.25) is 0 Å². The van der Waals surface area contributed by atoms with Crippen LogP contribution in [0, 0.1) is 9.39 Å². The van der Waals surface area contributed by atoms with E-state index in [0.29, 0.717) is 16.5 Å². The summed E-state index contributed by atoms with van der Waals surface area (Å²) in [5.41, 5.74) is 0.454. The molecule has 0 spiro atoms. The molecule has 0 atom stereocenters. The number of halogens is 3. The van der Waals surface area contributed by atoms with E-state index in [-0.39, 0.29) is 12.4 Å². The highest BCUT2D eigenvalue weighted by Crippen LogP contribution is 2.20. The van der Waals surface area contributed by atoms with Gasteiger partial charge in [0.15, 0.2) is 0 Å². The Morgan fingerprint density at radius 2 is 2.18 bits per heavy atom. The van der Waals surface area contributed by atoms with Gasteiger partial charge in [-0.2, -0.15) is 0 Å². The molecule has 0 amide bonds. The van der Waals surface area contributed by atoms with E-state index in [2.05, 4.69) is 27.6 Å². The van der Waals surface area contributed by atoms with Crippen molar-refractivity contribution in [2.45, 2.75) is 6.61 Å². The van der Waals surface area contributed by atoms with Crippen LogP contribution in [0.5, 0.6) is 5.88 Å². The zero-order valence-corrected chi connectivity index (χ0v) is 11.6. The summed E-state index contributed by atoms with van der Waals surface area (Å²) in [4.78, 5) is 4.06. The summed E-state index contributed by atoms with van der Waals surface area (Å²) in [7, 11) is 0. The predicted molar refractivity (Wildman–Crippen MR) is 72.7 cm³/mol. The maximum atomic E-state index is 13.5. The molecule has 0 radical (unpaired) electrons. The number of hydrogen-bond donors (Lipinski definition) is 0. The first-order chi connectivity index (χ1) is 8.16. The van der Waals surface area contributed by atoms with Gasteiger partial charge in [-0.05, 0) is 46.9 Å². The van der Waals surface area contributed by atoms with Gasteiger partial charge in [0.25, 0.3) is 0 Å². The van der Waals surface area contributed by atoms with Crippen LogP contribution >= 0.6 is 34.2 Å². The van der Waals surface area contributed by atoms with Crippen molar-refractivity contribution in [2.75, 3.05) is 0 Å². The number of aromatic nitrogens is 1. The Morgan fingerprint density at radius 1 is 1.35 bits per heavy atom. The zero-order chi connectivity index (χ0) is 12.3. The molecule has 1 heterocycles. The summed E-state index contributed by atoms with van der Waals surface area (Å²) in [5, 5.41) is 0.374. The molecule has 0 fully saturated rings. The third kappa shape index (κ3) is 3.29. The van der Waals surface area contributed by atoms with Gasteiger partial charge in [-0.1, -0.05) is 17.7 Å². The standard InChI is InChI=1S/C12H8ClFINO/c13-9-4-3-8(10(14)6-9)7-17-12-11(15)2-1-5-16-12/h1-6H,7H2. The smallest absolute Gasteiger partial charge is 0.227 e. The maximum absolute atomic E-state index is 13.5. The molecule has 2 aromatic rings. The van der Waals surface area contributed by atoms with Crippen molar-refractivity contribution in [3.63, 3.8) is 0 Å². The highest BCUT2D eigenvalue weighted by atomic mass is 127. The van der Waals surface area contributed by atoms with Crippen LogP contribution < -0.4 is 4.74 Å². The highest BCUT2D eigenvalue weighted by Gasteiger charge is 2.06. The first-order valence-electron chi connectivity index (χ1n) is 4.84. The minimum Gasteiger partial charge on any atom is -0.472 e. The lowest BCUT2D eigenvalue weighted by Gasteiger charge is -2.07. The largest absolute Gasteiger partial charge is 0.472 e.